The van der Waals surface area contributed by atoms with Crippen LogP contribution in [0.4, 0.5) is 0 Å². The van der Waals surface area contributed by atoms with E-state index in [2.05, 4.69) is 12.0 Å². The van der Waals surface area contributed by atoms with E-state index in [0.717, 1.165) is 6.42 Å². The van der Waals surface area contributed by atoms with Crippen LogP contribution in [0.1, 0.15) is 45.1 Å². The second kappa shape index (κ2) is 5.02. The minimum Gasteiger partial charge on any atom is -0.422 e. The molecule has 1 aromatic rings. The Morgan fingerprint density at radius 3 is 2.81 bits per heavy atom. The third-order valence-corrected chi connectivity index (χ3v) is 3.63. The molecule has 1 saturated carbocycles. The molecule has 5 heteroatoms. The summed E-state index contributed by atoms with van der Waals surface area (Å²) < 4.78 is 1.92. The quantitative estimate of drug-likeness (QED) is 0.740. The van der Waals surface area contributed by atoms with Crippen molar-refractivity contribution >= 4 is 12.7 Å². The van der Waals surface area contributed by atoms with Crippen LogP contribution in [-0.4, -0.2) is 26.9 Å². The first-order chi connectivity index (χ1) is 7.72. The Labute approximate surface area is 96.4 Å². The summed E-state index contributed by atoms with van der Waals surface area (Å²) in [6, 6.07) is 2.12. The van der Waals surface area contributed by atoms with Gasteiger partial charge in [0.15, 0.2) is 0 Å². The highest BCUT2D eigenvalue weighted by atomic mass is 16.4. The normalized spacial score (nSPS) is 25.7. The Bertz CT molecular complexity index is 340. The number of nitrogens with zero attached hydrogens (tertiary/aromatic N) is 2. The van der Waals surface area contributed by atoms with Crippen LogP contribution < -0.4 is 5.59 Å². The van der Waals surface area contributed by atoms with Gasteiger partial charge in [0.05, 0.1) is 11.6 Å². The number of hydrogen-bond donors (Lipinski definition) is 2. The lowest BCUT2D eigenvalue weighted by molar-refractivity contribution is 0.217. The highest BCUT2D eigenvalue weighted by molar-refractivity contribution is 6.57. The number of hydrogen-bond acceptors (Lipinski definition) is 3. The van der Waals surface area contributed by atoms with Gasteiger partial charge in [-0.25, -0.2) is 0 Å². The molecule has 1 aromatic heterocycles. The zero-order chi connectivity index (χ0) is 11.5. The van der Waals surface area contributed by atoms with Gasteiger partial charge in [0.1, 0.15) is 0 Å². The Morgan fingerprint density at radius 2 is 2.19 bits per heavy atom. The van der Waals surface area contributed by atoms with Crippen molar-refractivity contribution < 1.29 is 10.0 Å². The standard InChI is InChI=1S/C11H19BN2O2/c1-2-9-5-3-4-6-10(9)14-8-7-11(13-14)12(15)16/h7-10,15-16H,2-6H2,1H3. The molecule has 16 heavy (non-hydrogen) atoms. The molecule has 88 valence electrons. The fourth-order valence-electron chi connectivity index (χ4n) is 2.69. The molecule has 0 aromatic carbocycles. The van der Waals surface area contributed by atoms with E-state index in [4.69, 9.17) is 10.0 Å². The Hall–Kier alpha value is -0.805. The summed E-state index contributed by atoms with van der Waals surface area (Å²) in [4.78, 5) is 0. The summed E-state index contributed by atoms with van der Waals surface area (Å²) in [5.41, 5.74) is 0.348. The van der Waals surface area contributed by atoms with Crippen LogP contribution in [-0.2, 0) is 0 Å². The maximum absolute atomic E-state index is 9.04. The molecule has 0 amide bonds. The van der Waals surface area contributed by atoms with Gasteiger partial charge in [-0.05, 0) is 24.8 Å². The van der Waals surface area contributed by atoms with Crippen molar-refractivity contribution in [1.82, 2.24) is 9.78 Å². The molecule has 0 saturated heterocycles. The summed E-state index contributed by atoms with van der Waals surface area (Å²) in [5.74, 6) is 0.678. The van der Waals surface area contributed by atoms with Crippen molar-refractivity contribution in [2.24, 2.45) is 5.92 Å². The van der Waals surface area contributed by atoms with E-state index in [1.807, 2.05) is 10.9 Å². The number of rotatable bonds is 3. The largest absolute Gasteiger partial charge is 0.510 e. The van der Waals surface area contributed by atoms with E-state index in [1.54, 1.807) is 6.07 Å². The topological polar surface area (TPSA) is 58.3 Å². The van der Waals surface area contributed by atoms with E-state index in [-0.39, 0.29) is 0 Å². The Morgan fingerprint density at radius 1 is 1.44 bits per heavy atom. The molecule has 1 aliphatic rings. The van der Waals surface area contributed by atoms with Gasteiger partial charge in [-0.15, -0.1) is 0 Å². The Kier molecular flexibility index (Phi) is 3.66. The smallest absolute Gasteiger partial charge is 0.422 e. The molecular weight excluding hydrogens is 203 g/mol. The van der Waals surface area contributed by atoms with E-state index < -0.39 is 7.12 Å². The van der Waals surface area contributed by atoms with E-state index >= 15 is 0 Å². The molecule has 2 rings (SSSR count). The van der Waals surface area contributed by atoms with Gasteiger partial charge in [-0.3, -0.25) is 4.68 Å². The lowest BCUT2D eigenvalue weighted by Gasteiger charge is -2.31. The minimum absolute atomic E-state index is 0.348. The lowest BCUT2D eigenvalue weighted by Crippen LogP contribution is -2.33. The summed E-state index contributed by atoms with van der Waals surface area (Å²) in [6.07, 6.45) is 8.01. The predicted octanol–water partition coefficient (Wildman–Crippen LogP) is 0.704. The summed E-state index contributed by atoms with van der Waals surface area (Å²) in [6.45, 7) is 2.22. The number of aromatic nitrogens is 2. The molecule has 2 atom stereocenters. The summed E-state index contributed by atoms with van der Waals surface area (Å²) in [7, 11) is -1.45. The minimum atomic E-state index is -1.45. The Balaban J connectivity index is 2.14. The lowest BCUT2D eigenvalue weighted by atomic mass is 9.83. The van der Waals surface area contributed by atoms with E-state index in [9.17, 15) is 0 Å². The van der Waals surface area contributed by atoms with E-state index in [1.165, 1.54) is 25.7 Å². The second-order valence-electron chi connectivity index (χ2n) is 4.61. The van der Waals surface area contributed by atoms with Crippen molar-refractivity contribution in [2.45, 2.75) is 45.1 Å². The highest BCUT2D eigenvalue weighted by Crippen LogP contribution is 2.35. The van der Waals surface area contributed by atoms with Crippen LogP contribution in [0.3, 0.4) is 0 Å². The van der Waals surface area contributed by atoms with Crippen LogP contribution >= 0.6 is 0 Å². The molecule has 2 unspecified atom stereocenters. The zero-order valence-corrected chi connectivity index (χ0v) is 9.71. The third kappa shape index (κ3) is 2.30. The van der Waals surface area contributed by atoms with Gasteiger partial charge in [0.2, 0.25) is 0 Å². The van der Waals surface area contributed by atoms with Crippen molar-refractivity contribution in [1.29, 1.82) is 0 Å². The maximum atomic E-state index is 9.04. The van der Waals surface area contributed by atoms with Gasteiger partial charge in [0.25, 0.3) is 0 Å². The molecule has 4 nitrogen and oxygen atoms in total. The maximum Gasteiger partial charge on any atom is 0.510 e. The molecule has 1 aliphatic carbocycles. The fraction of sp³-hybridized carbons (Fsp3) is 0.727. The predicted molar refractivity (Wildman–Crippen MR) is 63.3 cm³/mol. The van der Waals surface area contributed by atoms with Crippen LogP contribution in [0.15, 0.2) is 12.3 Å². The average Bonchev–Trinajstić information content (AvgIpc) is 2.78. The molecule has 0 radical (unpaired) electrons. The van der Waals surface area contributed by atoms with Crippen LogP contribution in [0, 0.1) is 5.92 Å². The van der Waals surface area contributed by atoms with Gasteiger partial charge in [-0.1, -0.05) is 26.2 Å². The van der Waals surface area contributed by atoms with Crippen molar-refractivity contribution in [3.63, 3.8) is 0 Å². The second-order valence-corrected chi connectivity index (χ2v) is 4.61. The highest BCUT2D eigenvalue weighted by Gasteiger charge is 2.26. The van der Waals surface area contributed by atoms with Crippen LogP contribution in [0.25, 0.3) is 0 Å². The first kappa shape index (κ1) is 11.7. The summed E-state index contributed by atoms with van der Waals surface area (Å²) in [5, 5.41) is 22.3. The SMILES string of the molecule is CCC1CCCCC1n1ccc(B(O)O)n1. The van der Waals surface area contributed by atoms with Crippen LogP contribution in [0.2, 0.25) is 0 Å². The van der Waals surface area contributed by atoms with Gasteiger partial charge < -0.3 is 10.0 Å². The fourth-order valence-corrected chi connectivity index (χ4v) is 2.69. The molecule has 1 fully saturated rings. The molecule has 0 spiro atoms. The van der Waals surface area contributed by atoms with Gasteiger partial charge >= 0.3 is 7.12 Å². The first-order valence-corrected chi connectivity index (χ1v) is 6.13. The molecule has 1 heterocycles. The molecule has 0 aliphatic heterocycles. The van der Waals surface area contributed by atoms with Gasteiger partial charge in [-0.2, -0.15) is 5.10 Å². The van der Waals surface area contributed by atoms with Gasteiger partial charge in [0, 0.05) is 6.20 Å². The van der Waals surface area contributed by atoms with Crippen molar-refractivity contribution in [2.75, 3.05) is 0 Å². The van der Waals surface area contributed by atoms with Crippen LogP contribution in [0.5, 0.6) is 0 Å². The molecule has 0 bridgehead atoms. The molecular formula is C11H19BN2O2. The monoisotopic (exact) mass is 222 g/mol. The third-order valence-electron chi connectivity index (χ3n) is 3.63. The molecule has 2 N–H and O–H groups in total. The van der Waals surface area contributed by atoms with Crippen molar-refractivity contribution in [3.05, 3.63) is 12.3 Å². The zero-order valence-electron chi connectivity index (χ0n) is 9.71. The average molecular weight is 222 g/mol. The first-order valence-electron chi connectivity index (χ1n) is 6.13. The summed E-state index contributed by atoms with van der Waals surface area (Å²) >= 11 is 0. The van der Waals surface area contributed by atoms with Crippen molar-refractivity contribution in [3.8, 4) is 0 Å². The van der Waals surface area contributed by atoms with E-state index in [0.29, 0.717) is 17.6 Å².